The molecule has 0 bridgehead atoms. The van der Waals surface area contributed by atoms with Gasteiger partial charge in [-0.05, 0) is 12.1 Å². The predicted octanol–water partition coefficient (Wildman–Crippen LogP) is 0.458. The number of nitrogens with one attached hydrogen (secondary N) is 1. The molecule has 2 aromatic rings. The first-order valence-corrected chi connectivity index (χ1v) is 6.25. The summed E-state index contributed by atoms with van der Waals surface area (Å²) in [6, 6.07) is 3.34. The molecule has 0 amide bonds. The minimum Gasteiger partial charge on any atom is -0.477 e. The second-order valence-electron chi connectivity index (χ2n) is 4.50. The van der Waals surface area contributed by atoms with E-state index < -0.39 is 11.4 Å². The molecule has 3 heterocycles. The van der Waals surface area contributed by atoms with Gasteiger partial charge in [-0.3, -0.25) is 4.79 Å². The largest absolute Gasteiger partial charge is 0.477 e. The lowest BCUT2D eigenvalue weighted by molar-refractivity contribution is 0.0695. The summed E-state index contributed by atoms with van der Waals surface area (Å²) in [5.41, 5.74) is -0.408. The molecule has 104 valence electrons. The topological polar surface area (TPSA) is 95.5 Å². The Bertz CT molecular complexity index is 719. The maximum atomic E-state index is 12.0. The van der Waals surface area contributed by atoms with Crippen molar-refractivity contribution >= 4 is 22.8 Å². The van der Waals surface area contributed by atoms with Gasteiger partial charge in [-0.2, -0.15) is 0 Å². The van der Waals surface area contributed by atoms with Crippen LogP contribution in [-0.2, 0) is 4.74 Å². The number of carbonyl (C=O) groups is 1. The number of pyridine rings is 2. The van der Waals surface area contributed by atoms with Crippen LogP contribution in [0.1, 0.15) is 10.4 Å². The van der Waals surface area contributed by atoms with E-state index in [-0.39, 0.29) is 10.9 Å². The molecule has 3 rings (SSSR count). The molecule has 0 spiro atoms. The highest BCUT2D eigenvalue weighted by Crippen LogP contribution is 2.16. The first kappa shape index (κ1) is 12.6. The van der Waals surface area contributed by atoms with Crippen molar-refractivity contribution in [2.45, 2.75) is 0 Å². The Morgan fingerprint density at radius 1 is 1.35 bits per heavy atom. The summed E-state index contributed by atoms with van der Waals surface area (Å²) in [6.07, 6.45) is 1.18. The Kier molecular flexibility index (Phi) is 3.11. The number of fused-ring (bicyclic) bond motifs is 1. The molecule has 7 nitrogen and oxygen atoms in total. The van der Waals surface area contributed by atoms with Gasteiger partial charge in [0.05, 0.1) is 18.6 Å². The predicted molar refractivity (Wildman–Crippen MR) is 72.4 cm³/mol. The fourth-order valence-electron chi connectivity index (χ4n) is 2.22. The molecule has 2 aromatic heterocycles. The normalized spacial score (nSPS) is 15.5. The minimum atomic E-state index is -1.24. The van der Waals surface area contributed by atoms with Gasteiger partial charge in [0.1, 0.15) is 17.0 Å². The van der Waals surface area contributed by atoms with Gasteiger partial charge in [0.2, 0.25) is 5.43 Å². The molecule has 0 unspecified atom stereocenters. The van der Waals surface area contributed by atoms with Crippen molar-refractivity contribution in [1.82, 2.24) is 9.97 Å². The zero-order valence-corrected chi connectivity index (χ0v) is 10.6. The molecule has 0 saturated carbocycles. The number of hydrogen-bond acceptors (Lipinski definition) is 5. The van der Waals surface area contributed by atoms with Crippen LogP contribution in [0.2, 0.25) is 0 Å². The number of aromatic amines is 1. The fraction of sp³-hybridized carbons (Fsp3) is 0.308. The Hall–Kier alpha value is -2.41. The van der Waals surface area contributed by atoms with Gasteiger partial charge in [0.25, 0.3) is 0 Å². The minimum absolute atomic E-state index is 0.279. The quantitative estimate of drug-likeness (QED) is 0.826. The number of ether oxygens (including phenoxy) is 1. The van der Waals surface area contributed by atoms with E-state index in [0.717, 1.165) is 18.9 Å². The van der Waals surface area contributed by atoms with Gasteiger partial charge in [0, 0.05) is 19.3 Å². The maximum absolute atomic E-state index is 12.0. The average Bonchev–Trinajstić information content (AvgIpc) is 2.48. The number of carboxylic acid groups (broad SMARTS) is 1. The van der Waals surface area contributed by atoms with E-state index in [1.807, 2.05) is 0 Å². The number of hydrogen-bond donors (Lipinski definition) is 2. The second kappa shape index (κ2) is 4.93. The zero-order valence-electron chi connectivity index (χ0n) is 10.6. The third-order valence-corrected chi connectivity index (χ3v) is 3.29. The van der Waals surface area contributed by atoms with Crippen molar-refractivity contribution < 1.29 is 14.6 Å². The number of aromatic carboxylic acids is 1. The molecule has 1 saturated heterocycles. The van der Waals surface area contributed by atoms with Gasteiger partial charge in [-0.15, -0.1) is 0 Å². The fourth-order valence-corrected chi connectivity index (χ4v) is 2.22. The number of nitrogens with zero attached hydrogens (tertiary/aromatic N) is 2. The molecule has 1 aliphatic heterocycles. The third kappa shape index (κ3) is 2.12. The van der Waals surface area contributed by atoms with Crippen molar-refractivity contribution in [3.63, 3.8) is 0 Å². The number of H-pyrrole nitrogens is 1. The molecule has 7 heteroatoms. The van der Waals surface area contributed by atoms with Crippen LogP contribution in [0, 0.1) is 0 Å². The number of rotatable bonds is 2. The highest BCUT2D eigenvalue weighted by molar-refractivity contribution is 5.91. The monoisotopic (exact) mass is 275 g/mol. The van der Waals surface area contributed by atoms with Crippen LogP contribution in [0.3, 0.4) is 0 Å². The molecule has 1 fully saturated rings. The van der Waals surface area contributed by atoms with Crippen LogP contribution in [0.4, 0.5) is 5.82 Å². The van der Waals surface area contributed by atoms with Gasteiger partial charge < -0.3 is 19.7 Å². The van der Waals surface area contributed by atoms with Gasteiger partial charge in [0.15, 0.2) is 0 Å². The summed E-state index contributed by atoms with van der Waals surface area (Å²) < 4.78 is 5.28. The van der Waals surface area contributed by atoms with Gasteiger partial charge in [-0.1, -0.05) is 0 Å². The second-order valence-corrected chi connectivity index (χ2v) is 4.50. The van der Waals surface area contributed by atoms with Crippen molar-refractivity contribution in [3.8, 4) is 0 Å². The summed E-state index contributed by atoms with van der Waals surface area (Å²) in [5, 5.41) is 9.20. The van der Waals surface area contributed by atoms with Crippen molar-refractivity contribution in [2.24, 2.45) is 0 Å². The molecular weight excluding hydrogens is 262 g/mol. The third-order valence-electron chi connectivity index (χ3n) is 3.29. The number of carboxylic acids is 1. The van der Waals surface area contributed by atoms with Crippen LogP contribution in [-0.4, -0.2) is 47.3 Å². The van der Waals surface area contributed by atoms with E-state index in [1.165, 1.54) is 6.20 Å². The molecule has 0 aromatic carbocycles. The summed E-state index contributed by atoms with van der Waals surface area (Å²) >= 11 is 0. The van der Waals surface area contributed by atoms with Crippen molar-refractivity contribution in [3.05, 3.63) is 34.1 Å². The highest BCUT2D eigenvalue weighted by atomic mass is 16.5. The van der Waals surface area contributed by atoms with E-state index in [9.17, 15) is 9.59 Å². The van der Waals surface area contributed by atoms with Crippen LogP contribution in [0.25, 0.3) is 11.0 Å². The molecule has 0 atom stereocenters. The summed E-state index contributed by atoms with van der Waals surface area (Å²) in [7, 11) is 0. The molecule has 0 radical (unpaired) electrons. The summed E-state index contributed by atoms with van der Waals surface area (Å²) in [5.74, 6) is -0.495. The van der Waals surface area contributed by atoms with E-state index in [0.29, 0.717) is 18.9 Å². The van der Waals surface area contributed by atoms with E-state index in [2.05, 4.69) is 14.9 Å². The van der Waals surface area contributed by atoms with Crippen molar-refractivity contribution in [1.29, 1.82) is 0 Å². The van der Waals surface area contributed by atoms with Crippen molar-refractivity contribution in [2.75, 3.05) is 31.2 Å². The molecule has 0 aliphatic carbocycles. The molecule has 20 heavy (non-hydrogen) atoms. The SMILES string of the molecule is O=C(O)c1c[nH]c2nc(N3CCOCC3)ccc2c1=O. The first-order chi connectivity index (χ1) is 9.66. The Labute approximate surface area is 113 Å². The smallest absolute Gasteiger partial charge is 0.341 e. The molecule has 2 N–H and O–H groups in total. The lowest BCUT2D eigenvalue weighted by Gasteiger charge is -2.27. The van der Waals surface area contributed by atoms with Gasteiger partial charge in [-0.25, -0.2) is 9.78 Å². The number of morpholine rings is 1. The van der Waals surface area contributed by atoms with Gasteiger partial charge >= 0.3 is 5.97 Å². The van der Waals surface area contributed by atoms with E-state index in [1.54, 1.807) is 12.1 Å². The zero-order chi connectivity index (χ0) is 14.1. The lowest BCUT2D eigenvalue weighted by Crippen LogP contribution is -2.36. The summed E-state index contributed by atoms with van der Waals surface area (Å²) in [6.45, 7) is 2.79. The van der Waals surface area contributed by atoms with E-state index in [4.69, 9.17) is 9.84 Å². The lowest BCUT2D eigenvalue weighted by atomic mass is 10.2. The van der Waals surface area contributed by atoms with Crippen LogP contribution >= 0.6 is 0 Å². The van der Waals surface area contributed by atoms with Crippen LogP contribution in [0.5, 0.6) is 0 Å². The Balaban J connectivity index is 2.06. The Morgan fingerprint density at radius 3 is 2.80 bits per heavy atom. The molecular formula is C13H13N3O4. The number of aromatic nitrogens is 2. The van der Waals surface area contributed by atoms with Crippen LogP contribution < -0.4 is 10.3 Å². The summed E-state index contributed by atoms with van der Waals surface area (Å²) in [4.78, 5) is 32.1. The van der Waals surface area contributed by atoms with E-state index >= 15 is 0 Å². The highest BCUT2D eigenvalue weighted by Gasteiger charge is 2.15. The Morgan fingerprint density at radius 2 is 2.10 bits per heavy atom. The standard InChI is InChI=1S/C13H13N3O4/c17-11-8-1-2-10(16-3-5-20-6-4-16)15-12(8)14-7-9(11)13(18)19/h1-2,7H,3-6H2,(H,18,19)(H,14,15,17). The average molecular weight is 275 g/mol. The van der Waals surface area contributed by atoms with Crippen LogP contribution in [0.15, 0.2) is 23.1 Å². The number of anilines is 1. The maximum Gasteiger partial charge on any atom is 0.341 e. The molecule has 1 aliphatic rings. The first-order valence-electron chi connectivity index (χ1n) is 6.25.